The van der Waals surface area contributed by atoms with Crippen LogP contribution in [0.4, 0.5) is 5.82 Å². The van der Waals surface area contributed by atoms with Crippen LogP contribution in [0.5, 0.6) is 0 Å². The summed E-state index contributed by atoms with van der Waals surface area (Å²) in [7, 11) is 3.18. The molecule has 0 fully saturated rings. The van der Waals surface area contributed by atoms with Gasteiger partial charge in [0.1, 0.15) is 5.82 Å². The van der Waals surface area contributed by atoms with Gasteiger partial charge in [0.25, 0.3) is 0 Å². The summed E-state index contributed by atoms with van der Waals surface area (Å²) in [5.41, 5.74) is 7.94. The van der Waals surface area contributed by atoms with E-state index >= 15 is 0 Å². The molecule has 2 aromatic rings. The van der Waals surface area contributed by atoms with E-state index in [0.29, 0.717) is 16.7 Å². The molecular weight excluding hydrogens is 298 g/mol. The number of nitrogens with zero attached hydrogens (tertiary/aromatic N) is 2. The Labute approximate surface area is 124 Å². The van der Waals surface area contributed by atoms with E-state index in [-0.39, 0.29) is 0 Å². The molecule has 0 spiro atoms. The Kier molecular flexibility index (Phi) is 5.84. The van der Waals surface area contributed by atoms with Crippen molar-refractivity contribution in [2.75, 3.05) is 5.73 Å². The molecule has 0 radical (unpaired) electrons. The lowest BCUT2D eigenvalue weighted by Crippen LogP contribution is -1.92. The average molecular weight is 311 g/mol. The standard InChI is InChI=1S/C12H13N3OS3/c13-11-5-6-14-12(15-11)19-18-8-10-3-1-9(2-4-10)7-17-16/h1-6,16H,7-8H2,(H2,13,14,15). The first kappa shape index (κ1) is 14.5. The first-order chi connectivity index (χ1) is 9.28. The molecule has 0 atom stereocenters. The van der Waals surface area contributed by atoms with Gasteiger partial charge in [-0.1, -0.05) is 35.1 Å². The van der Waals surface area contributed by atoms with Crippen LogP contribution in [0.15, 0.2) is 41.7 Å². The molecule has 1 aromatic heterocycles. The number of nitrogens with two attached hydrogens (primary N) is 1. The Balaban J connectivity index is 1.82. The predicted octanol–water partition coefficient (Wildman–Crippen LogP) is 3.71. The molecule has 0 bridgehead atoms. The molecule has 0 aliphatic heterocycles. The second-order valence-corrected chi connectivity index (χ2v) is 6.51. The van der Waals surface area contributed by atoms with Gasteiger partial charge in [-0.15, -0.1) is 0 Å². The molecule has 100 valence electrons. The molecule has 19 heavy (non-hydrogen) atoms. The van der Waals surface area contributed by atoms with E-state index in [0.717, 1.165) is 23.4 Å². The third kappa shape index (κ3) is 4.94. The van der Waals surface area contributed by atoms with E-state index in [1.165, 1.54) is 16.4 Å². The van der Waals surface area contributed by atoms with Crippen molar-refractivity contribution in [3.05, 3.63) is 47.7 Å². The van der Waals surface area contributed by atoms with E-state index in [1.807, 2.05) is 12.1 Å². The SMILES string of the molecule is Nc1ccnc(SSCc2ccc(CSO)cc2)n1. The number of nitrogen functional groups attached to an aromatic ring is 1. The van der Waals surface area contributed by atoms with Crippen molar-refractivity contribution in [2.45, 2.75) is 16.7 Å². The Bertz CT molecular complexity index is 522. The molecule has 0 saturated carbocycles. The Morgan fingerprint density at radius 3 is 2.37 bits per heavy atom. The molecule has 3 N–H and O–H groups in total. The van der Waals surface area contributed by atoms with Crippen LogP contribution < -0.4 is 5.73 Å². The van der Waals surface area contributed by atoms with Gasteiger partial charge in [0.05, 0.1) is 0 Å². The summed E-state index contributed by atoms with van der Waals surface area (Å²) in [6.45, 7) is 0. The summed E-state index contributed by atoms with van der Waals surface area (Å²) < 4.78 is 8.76. The Morgan fingerprint density at radius 2 is 1.74 bits per heavy atom. The minimum absolute atomic E-state index is 0.490. The number of aromatic nitrogens is 2. The van der Waals surface area contributed by atoms with Crippen molar-refractivity contribution in [1.82, 2.24) is 9.97 Å². The summed E-state index contributed by atoms with van der Waals surface area (Å²) in [6.07, 6.45) is 1.66. The highest BCUT2D eigenvalue weighted by Crippen LogP contribution is 2.31. The molecule has 0 amide bonds. The van der Waals surface area contributed by atoms with Crippen LogP contribution in [-0.2, 0) is 11.5 Å². The number of hydrogen-bond donors (Lipinski definition) is 2. The maximum atomic E-state index is 8.76. The summed E-state index contributed by atoms with van der Waals surface area (Å²) in [6, 6.07) is 9.87. The number of benzene rings is 1. The minimum Gasteiger partial charge on any atom is -0.384 e. The highest BCUT2D eigenvalue weighted by Gasteiger charge is 2.00. The van der Waals surface area contributed by atoms with E-state index in [4.69, 9.17) is 10.3 Å². The number of anilines is 1. The Morgan fingerprint density at radius 1 is 1.05 bits per heavy atom. The average Bonchev–Trinajstić information content (AvgIpc) is 2.41. The summed E-state index contributed by atoms with van der Waals surface area (Å²) in [5.74, 6) is 1.98. The van der Waals surface area contributed by atoms with Gasteiger partial charge in [-0.2, -0.15) is 0 Å². The van der Waals surface area contributed by atoms with Gasteiger partial charge in [0, 0.05) is 17.7 Å². The van der Waals surface area contributed by atoms with Crippen molar-refractivity contribution >= 4 is 39.4 Å². The quantitative estimate of drug-likeness (QED) is 0.478. The largest absolute Gasteiger partial charge is 0.384 e. The smallest absolute Gasteiger partial charge is 0.200 e. The highest BCUT2D eigenvalue weighted by atomic mass is 33.1. The van der Waals surface area contributed by atoms with E-state index in [9.17, 15) is 0 Å². The van der Waals surface area contributed by atoms with Crippen molar-refractivity contribution in [3.8, 4) is 0 Å². The highest BCUT2D eigenvalue weighted by molar-refractivity contribution is 8.76. The maximum Gasteiger partial charge on any atom is 0.200 e. The van der Waals surface area contributed by atoms with Gasteiger partial charge in [-0.25, -0.2) is 9.97 Å². The van der Waals surface area contributed by atoms with Gasteiger partial charge in [-0.3, -0.25) is 0 Å². The minimum atomic E-state index is 0.490. The monoisotopic (exact) mass is 311 g/mol. The molecule has 7 heteroatoms. The third-order valence-corrected chi connectivity index (χ3v) is 4.80. The molecule has 0 aliphatic rings. The molecular formula is C12H13N3OS3. The second-order valence-electron chi connectivity index (χ2n) is 3.70. The summed E-state index contributed by atoms with van der Waals surface area (Å²) in [4.78, 5) is 8.25. The van der Waals surface area contributed by atoms with Crippen molar-refractivity contribution < 1.29 is 4.55 Å². The topological polar surface area (TPSA) is 72.0 Å². The van der Waals surface area contributed by atoms with Crippen molar-refractivity contribution in [2.24, 2.45) is 0 Å². The molecule has 1 aromatic carbocycles. The van der Waals surface area contributed by atoms with E-state index in [1.54, 1.807) is 23.1 Å². The lowest BCUT2D eigenvalue weighted by Gasteiger charge is -2.02. The first-order valence-corrected chi connectivity index (χ1v) is 8.76. The molecule has 4 nitrogen and oxygen atoms in total. The summed E-state index contributed by atoms with van der Waals surface area (Å²) >= 11 is 0.839. The van der Waals surface area contributed by atoms with Crippen LogP contribution in [-0.4, -0.2) is 14.5 Å². The normalized spacial score (nSPS) is 10.6. The molecule has 0 aliphatic carbocycles. The van der Waals surface area contributed by atoms with E-state index < -0.39 is 0 Å². The van der Waals surface area contributed by atoms with Gasteiger partial charge in [0.15, 0.2) is 5.16 Å². The maximum absolute atomic E-state index is 8.76. The van der Waals surface area contributed by atoms with Gasteiger partial charge in [-0.05, 0) is 40.0 Å². The Hall–Kier alpha value is -0.890. The fourth-order valence-corrected chi connectivity index (χ4v) is 3.57. The van der Waals surface area contributed by atoms with Gasteiger partial charge < -0.3 is 10.3 Å². The second kappa shape index (κ2) is 7.64. The lowest BCUT2D eigenvalue weighted by molar-refractivity contribution is 0.663. The summed E-state index contributed by atoms with van der Waals surface area (Å²) in [5, 5.41) is 0.679. The van der Waals surface area contributed by atoms with Crippen LogP contribution in [0.3, 0.4) is 0 Å². The third-order valence-electron chi connectivity index (χ3n) is 2.27. The molecule has 0 unspecified atom stereocenters. The number of rotatable bonds is 6. The van der Waals surface area contributed by atoms with Gasteiger partial charge in [0.2, 0.25) is 0 Å². The fraction of sp³-hybridized carbons (Fsp3) is 0.167. The van der Waals surface area contributed by atoms with Crippen LogP contribution in [0.1, 0.15) is 11.1 Å². The lowest BCUT2D eigenvalue weighted by atomic mass is 10.2. The zero-order chi connectivity index (χ0) is 13.5. The van der Waals surface area contributed by atoms with Crippen LogP contribution in [0.2, 0.25) is 0 Å². The zero-order valence-electron chi connectivity index (χ0n) is 10.0. The van der Waals surface area contributed by atoms with Crippen LogP contribution in [0.25, 0.3) is 0 Å². The first-order valence-electron chi connectivity index (χ1n) is 5.50. The van der Waals surface area contributed by atoms with Crippen LogP contribution in [0, 0.1) is 0 Å². The van der Waals surface area contributed by atoms with Crippen molar-refractivity contribution in [1.29, 1.82) is 0 Å². The number of hydrogen-bond acceptors (Lipinski definition) is 7. The van der Waals surface area contributed by atoms with Crippen molar-refractivity contribution in [3.63, 3.8) is 0 Å². The van der Waals surface area contributed by atoms with E-state index in [2.05, 4.69) is 22.1 Å². The molecule has 0 saturated heterocycles. The fourth-order valence-electron chi connectivity index (χ4n) is 1.35. The predicted molar refractivity (Wildman–Crippen MR) is 84.0 cm³/mol. The molecule has 1 heterocycles. The molecule has 2 rings (SSSR count). The van der Waals surface area contributed by atoms with Gasteiger partial charge >= 0.3 is 0 Å². The van der Waals surface area contributed by atoms with Crippen LogP contribution >= 0.6 is 33.6 Å². The zero-order valence-corrected chi connectivity index (χ0v) is 12.5.